The van der Waals surface area contributed by atoms with Crippen LogP contribution in [-0.2, 0) is 16.6 Å². The first-order valence-electron chi connectivity index (χ1n) is 8.24. The number of nitrogens with one attached hydrogen (secondary N) is 1. The van der Waals surface area contributed by atoms with Gasteiger partial charge in [-0.2, -0.15) is 0 Å². The molecular formula is C19H15Cl3N2O3S2. The molecule has 1 aromatic heterocycles. The number of sulfonamides is 1. The molecule has 0 saturated heterocycles. The lowest BCUT2D eigenvalue weighted by atomic mass is 10.1. The van der Waals surface area contributed by atoms with Gasteiger partial charge in [-0.15, -0.1) is 11.3 Å². The highest BCUT2D eigenvalue weighted by atomic mass is 35.5. The maximum absolute atomic E-state index is 12.6. The van der Waals surface area contributed by atoms with E-state index in [1.54, 1.807) is 25.2 Å². The fourth-order valence-corrected chi connectivity index (χ4v) is 5.98. The Kier molecular flexibility index (Phi) is 6.76. The van der Waals surface area contributed by atoms with Crippen LogP contribution >= 0.6 is 46.1 Å². The number of carbonyl (C=O) groups excluding carboxylic acids is 1. The lowest BCUT2D eigenvalue weighted by Crippen LogP contribution is -2.26. The quantitative estimate of drug-likeness (QED) is 0.477. The van der Waals surface area contributed by atoms with Crippen LogP contribution in [0.4, 0.5) is 5.69 Å². The molecule has 0 aliphatic carbocycles. The van der Waals surface area contributed by atoms with Gasteiger partial charge in [0, 0.05) is 29.9 Å². The van der Waals surface area contributed by atoms with E-state index in [0.717, 1.165) is 16.9 Å². The second-order valence-corrected chi connectivity index (χ2v) is 10.5. The summed E-state index contributed by atoms with van der Waals surface area (Å²) in [5, 5.41) is 0.587. The fourth-order valence-electron chi connectivity index (χ4n) is 2.57. The van der Waals surface area contributed by atoms with Crippen molar-refractivity contribution in [3.05, 3.63) is 79.4 Å². The van der Waals surface area contributed by atoms with E-state index in [0.29, 0.717) is 22.8 Å². The molecule has 0 unspecified atom stereocenters. The van der Waals surface area contributed by atoms with Gasteiger partial charge in [0.25, 0.3) is 15.9 Å². The Hall–Kier alpha value is -1.77. The largest absolute Gasteiger partial charge is 0.337 e. The number of carbonyl (C=O) groups is 1. The molecule has 29 heavy (non-hydrogen) atoms. The monoisotopic (exact) mass is 488 g/mol. The number of thiophene rings is 1. The molecule has 2 aromatic carbocycles. The Morgan fingerprint density at radius 2 is 1.72 bits per heavy atom. The number of benzene rings is 2. The number of nitrogens with zero attached hydrogens (tertiary/aromatic N) is 1. The molecule has 5 nitrogen and oxygen atoms in total. The zero-order valence-electron chi connectivity index (χ0n) is 15.0. The van der Waals surface area contributed by atoms with Crippen LogP contribution in [0.15, 0.2) is 59.5 Å². The summed E-state index contributed by atoms with van der Waals surface area (Å²) in [6.45, 7) is 0.351. The minimum atomic E-state index is -3.88. The molecule has 0 aliphatic rings. The van der Waals surface area contributed by atoms with E-state index < -0.39 is 10.0 Å². The summed E-state index contributed by atoms with van der Waals surface area (Å²) >= 11 is 18.9. The number of anilines is 1. The zero-order valence-corrected chi connectivity index (χ0v) is 18.9. The summed E-state index contributed by atoms with van der Waals surface area (Å²) in [7, 11) is -2.21. The van der Waals surface area contributed by atoms with Crippen molar-refractivity contribution >= 4 is 67.8 Å². The van der Waals surface area contributed by atoms with Crippen LogP contribution in [0.25, 0.3) is 0 Å². The minimum Gasteiger partial charge on any atom is -0.337 e. The van der Waals surface area contributed by atoms with Crippen LogP contribution in [0, 0.1) is 0 Å². The number of halogens is 3. The standard InChI is InChI=1S/C19H15Cl3N2O3S2/c1-24(11-13-4-2-3-5-15(13)20)19(25)12-6-8-14(9-7-12)23-29(26,27)16-10-17(21)28-18(16)22/h2-10,23H,11H2,1H3. The summed E-state index contributed by atoms with van der Waals surface area (Å²) in [5.74, 6) is -0.216. The first-order chi connectivity index (χ1) is 13.7. The fraction of sp³-hybridized carbons (Fsp3) is 0.105. The molecule has 3 rings (SSSR count). The van der Waals surface area contributed by atoms with E-state index in [-0.39, 0.29) is 19.5 Å². The van der Waals surface area contributed by atoms with Gasteiger partial charge in [-0.05, 0) is 42.0 Å². The minimum absolute atomic E-state index is 0.0792. The van der Waals surface area contributed by atoms with Gasteiger partial charge in [0.05, 0.1) is 4.34 Å². The molecule has 1 amide bonds. The third-order valence-corrected chi connectivity index (χ3v) is 7.51. The van der Waals surface area contributed by atoms with Gasteiger partial charge in [-0.3, -0.25) is 9.52 Å². The van der Waals surface area contributed by atoms with Crippen molar-refractivity contribution in [2.24, 2.45) is 0 Å². The summed E-state index contributed by atoms with van der Waals surface area (Å²) in [6, 6.07) is 14.7. The maximum Gasteiger partial charge on any atom is 0.264 e. The molecule has 1 heterocycles. The summed E-state index contributed by atoms with van der Waals surface area (Å²) < 4.78 is 27.7. The molecule has 0 fully saturated rings. The second-order valence-electron chi connectivity index (χ2n) is 6.12. The van der Waals surface area contributed by atoms with Crippen LogP contribution in [0.3, 0.4) is 0 Å². The van der Waals surface area contributed by atoms with Crippen molar-refractivity contribution in [1.29, 1.82) is 0 Å². The molecule has 0 aliphatic heterocycles. The predicted octanol–water partition coefficient (Wildman–Crippen LogP) is 5.78. The van der Waals surface area contributed by atoms with Crippen molar-refractivity contribution < 1.29 is 13.2 Å². The SMILES string of the molecule is CN(Cc1ccccc1Cl)C(=O)c1ccc(NS(=O)(=O)c2cc(Cl)sc2Cl)cc1. The van der Waals surface area contributed by atoms with Gasteiger partial charge >= 0.3 is 0 Å². The van der Waals surface area contributed by atoms with Crippen molar-refractivity contribution in [1.82, 2.24) is 4.90 Å². The molecule has 3 aromatic rings. The number of hydrogen-bond acceptors (Lipinski definition) is 4. The maximum atomic E-state index is 12.6. The Morgan fingerprint density at radius 3 is 2.31 bits per heavy atom. The molecule has 0 spiro atoms. The van der Waals surface area contributed by atoms with Crippen molar-refractivity contribution in [3.63, 3.8) is 0 Å². The summed E-state index contributed by atoms with van der Waals surface area (Å²) in [6.07, 6.45) is 0. The number of hydrogen-bond donors (Lipinski definition) is 1. The molecule has 1 N–H and O–H groups in total. The van der Waals surface area contributed by atoms with Crippen molar-refractivity contribution in [2.45, 2.75) is 11.4 Å². The number of rotatable bonds is 6. The summed E-state index contributed by atoms with van der Waals surface area (Å²) in [4.78, 5) is 14.1. The normalized spacial score (nSPS) is 11.3. The molecule has 152 valence electrons. The Balaban J connectivity index is 1.72. The summed E-state index contributed by atoms with van der Waals surface area (Å²) in [5.41, 5.74) is 1.55. The first kappa shape index (κ1) is 21.9. The van der Waals surface area contributed by atoms with Gasteiger partial charge in [0.15, 0.2) is 0 Å². The average molecular weight is 490 g/mol. The first-order valence-corrected chi connectivity index (χ1v) is 11.7. The Labute approximate surface area is 187 Å². The van der Waals surface area contributed by atoms with Crippen LogP contribution in [-0.4, -0.2) is 26.3 Å². The van der Waals surface area contributed by atoms with Crippen LogP contribution in [0.2, 0.25) is 13.7 Å². The van der Waals surface area contributed by atoms with Gasteiger partial charge in [-0.1, -0.05) is 53.0 Å². The molecule has 10 heteroatoms. The van der Waals surface area contributed by atoms with Gasteiger partial charge < -0.3 is 4.90 Å². The van der Waals surface area contributed by atoms with Crippen molar-refractivity contribution in [3.8, 4) is 0 Å². The topological polar surface area (TPSA) is 66.5 Å². The highest BCUT2D eigenvalue weighted by Crippen LogP contribution is 2.35. The molecule has 0 atom stereocenters. The van der Waals surface area contributed by atoms with E-state index in [1.807, 2.05) is 18.2 Å². The van der Waals surface area contributed by atoms with Gasteiger partial charge in [-0.25, -0.2) is 8.42 Å². The third kappa shape index (κ3) is 5.24. The Bertz CT molecular complexity index is 1150. The van der Waals surface area contributed by atoms with Crippen LogP contribution < -0.4 is 4.72 Å². The molecular weight excluding hydrogens is 475 g/mol. The average Bonchev–Trinajstić information content (AvgIpc) is 3.02. The molecule has 0 saturated carbocycles. The van der Waals surface area contributed by atoms with Crippen LogP contribution in [0.1, 0.15) is 15.9 Å². The van der Waals surface area contributed by atoms with Gasteiger partial charge in [0.2, 0.25) is 0 Å². The van der Waals surface area contributed by atoms with E-state index in [4.69, 9.17) is 34.8 Å². The lowest BCUT2D eigenvalue weighted by molar-refractivity contribution is 0.0785. The smallest absolute Gasteiger partial charge is 0.264 e. The van der Waals surface area contributed by atoms with Crippen molar-refractivity contribution in [2.75, 3.05) is 11.8 Å². The molecule has 0 bridgehead atoms. The second kappa shape index (κ2) is 8.93. The highest BCUT2D eigenvalue weighted by molar-refractivity contribution is 7.93. The van der Waals surface area contributed by atoms with E-state index in [2.05, 4.69) is 4.72 Å². The van der Waals surface area contributed by atoms with E-state index in [1.165, 1.54) is 23.1 Å². The molecule has 0 radical (unpaired) electrons. The Morgan fingerprint density at radius 1 is 1.07 bits per heavy atom. The lowest BCUT2D eigenvalue weighted by Gasteiger charge is -2.18. The van der Waals surface area contributed by atoms with E-state index >= 15 is 0 Å². The predicted molar refractivity (Wildman–Crippen MR) is 119 cm³/mol. The third-order valence-electron chi connectivity index (χ3n) is 4.01. The highest BCUT2D eigenvalue weighted by Gasteiger charge is 2.21. The van der Waals surface area contributed by atoms with Gasteiger partial charge in [0.1, 0.15) is 9.23 Å². The zero-order chi connectivity index (χ0) is 21.2. The van der Waals surface area contributed by atoms with E-state index in [9.17, 15) is 13.2 Å². The van der Waals surface area contributed by atoms with Crippen LogP contribution in [0.5, 0.6) is 0 Å². The number of amides is 1.